The Bertz CT molecular complexity index is 93.1. The van der Waals surface area contributed by atoms with Crippen molar-refractivity contribution in [3.05, 3.63) is 0 Å². The van der Waals surface area contributed by atoms with Gasteiger partial charge in [0.15, 0.2) is 0 Å². The number of hydrogen-bond acceptors (Lipinski definition) is 2. The molecule has 1 aliphatic carbocycles. The van der Waals surface area contributed by atoms with Gasteiger partial charge in [0, 0.05) is 12.6 Å². The molecule has 0 unspecified atom stereocenters. The zero-order valence-corrected chi connectivity index (χ0v) is 5.60. The minimum absolute atomic E-state index is 0.554. The van der Waals surface area contributed by atoms with Crippen LogP contribution in [0.5, 0.6) is 0 Å². The van der Waals surface area contributed by atoms with Crippen LogP contribution in [-0.2, 0) is 4.74 Å². The molecule has 0 aromatic heterocycles. The maximum Gasteiger partial charge on any atom is 0.0728 e. The molecule has 1 saturated heterocycles. The van der Waals surface area contributed by atoms with Gasteiger partial charge in [-0.15, -0.1) is 0 Å². The van der Waals surface area contributed by atoms with Crippen LogP contribution < -0.4 is 5.32 Å². The van der Waals surface area contributed by atoms with Crippen LogP contribution in [0, 0.1) is 0 Å². The summed E-state index contributed by atoms with van der Waals surface area (Å²) in [5.41, 5.74) is 0. The Hall–Kier alpha value is -0.0800. The van der Waals surface area contributed by atoms with E-state index >= 15 is 0 Å². The maximum atomic E-state index is 5.54. The molecule has 2 atom stereocenters. The molecule has 0 radical (unpaired) electrons. The summed E-state index contributed by atoms with van der Waals surface area (Å²) in [6, 6.07) is 0.693. The normalized spacial score (nSPS) is 42.7. The lowest BCUT2D eigenvalue weighted by Crippen LogP contribution is -2.44. The summed E-state index contributed by atoms with van der Waals surface area (Å²) in [6.45, 7) is 1.97. The fourth-order valence-electron chi connectivity index (χ4n) is 1.81. The van der Waals surface area contributed by atoms with E-state index in [0.29, 0.717) is 12.1 Å². The number of hydrogen-bond donors (Lipinski definition) is 1. The highest BCUT2D eigenvalue weighted by molar-refractivity contribution is 4.86. The summed E-state index contributed by atoms with van der Waals surface area (Å²) in [4.78, 5) is 0. The predicted octanol–water partition coefficient (Wildman–Crippen LogP) is 0.527. The monoisotopic (exact) mass is 127 g/mol. The van der Waals surface area contributed by atoms with Gasteiger partial charge in [-0.2, -0.15) is 0 Å². The van der Waals surface area contributed by atoms with E-state index in [-0.39, 0.29) is 0 Å². The summed E-state index contributed by atoms with van der Waals surface area (Å²) >= 11 is 0. The highest BCUT2D eigenvalue weighted by atomic mass is 16.5. The lowest BCUT2D eigenvalue weighted by Gasteiger charge is -2.26. The molecule has 0 aromatic carbocycles. The van der Waals surface area contributed by atoms with Crippen molar-refractivity contribution in [2.24, 2.45) is 0 Å². The average molecular weight is 127 g/mol. The van der Waals surface area contributed by atoms with Crippen LogP contribution in [0.2, 0.25) is 0 Å². The largest absolute Gasteiger partial charge is 0.375 e. The molecule has 52 valence electrons. The van der Waals surface area contributed by atoms with Crippen molar-refractivity contribution in [3.63, 3.8) is 0 Å². The quantitative estimate of drug-likeness (QED) is 0.512. The molecule has 1 N–H and O–H groups in total. The Morgan fingerprint density at radius 1 is 1.33 bits per heavy atom. The molecule has 2 fully saturated rings. The minimum atomic E-state index is 0.554. The first kappa shape index (κ1) is 5.69. The molecular weight excluding hydrogens is 114 g/mol. The van der Waals surface area contributed by atoms with E-state index in [1.54, 1.807) is 0 Å². The van der Waals surface area contributed by atoms with Gasteiger partial charge in [0.05, 0.1) is 12.7 Å². The van der Waals surface area contributed by atoms with Crippen molar-refractivity contribution in [2.75, 3.05) is 13.2 Å². The van der Waals surface area contributed by atoms with E-state index in [4.69, 9.17) is 4.74 Å². The molecule has 1 aliphatic heterocycles. The van der Waals surface area contributed by atoms with Gasteiger partial charge < -0.3 is 10.1 Å². The first-order valence-corrected chi connectivity index (χ1v) is 3.82. The molecule has 2 nitrogen and oxygen atoms in total. The van der Waals surface area contributed by atoms with E-state index in [1.165, 1.54) is 19.3 Å². The molecule has 2 heteroatoms. The topological polar surface area (TPSA) is 21.3 Å². The molecule has 1 heterocycles. The number of nitrogens with one attached hydrogen (secondary N) is 1. The van der Waals surface area contributed by atoms with Crippen molar-refractivity contribution in [1.82, 2.24) is 5.32 Å². The fourth-order valence-corrected chi connectivity index (χ4v) is 1.81. The zero-order valence-electron chi connectivity index (χ0n) is 5.60. The molecule has 9 heavy (non-hydrogen) atoms. The molecule has 0 bridgehead atoms. The van der Waals surface area contributed by atoms with Crippen LogP contribution in [0.1, 0.15) is 19.3 Å². The fraction of sp³-hybridized carbons (Fsp3) is 1.00. The van der Waals surface area contributed by atoms with Crippen LogP contribution >= 0.6 is 0 Å². The van der Waals surface area contributed by atoms with E-state index in [0.717, 1.165) is 13.2 Å². The van der Waals surface area contributed by atoms with Gasteiger partial charge >= 0.3 is 0 Å². The molecular formula is C7H13NO. The number of morpholine rings is 1. The Labute approximate surface area is 55.6 Å². The molecule has 0 aromatic rings. The van der Waals surface area contributed by atoms with Crippen LogP contribution in [-0.4, -0.2) is 25.3 Å². The smallest absolute Gasteiger partial charge is 0.0728 e. The molecule has 2 aliphatic rings. The minimum Gasteiger partial charge on any atom is -0.375 e. The Kier molecular flexibility index (Phi) is 1.44. The Morgan fingerprint density at radius 3 is 3.22 bits per heavy atom. The van der Waals surface area contributed by atoms with E-state index < -0.39 is 0 Å². The highest BCUT2D eigenvalue weighted by Crippen LogP contribution is 2.23. The van der Waals surface area contributed by atoms with Crippen molar-refractivity contribution < 1.29 is 4.74 Å². The summed E-state index contributed by atoms with van der Waals surface area (Å²) in [6.07, 6.45) is 4.50. The molecule has 0 amide bonds. The zero-order chi connectivity index (χ0) is 6.10. The first-order valence-electron chi connectivity index (χ1n) is 3.82. The first-order chi connectivity index (χ1) is 4.47. The Morgan fingerprint density at radius 2 is 2.33 bits per heavy atom. The second kappa shape index (κ2) is 2.27. The third-order valence-electron chi connectivity index (χ3n) is 2.29. The summed E-state index contributed by atoms with van der Waals surface area (Å²) < 4.78 is 5.54. The third-order valence-corrected chi connectivity index (χ3v) is 2.29. The Balaban J connectivity index is 1.97. The highest BCUT2D eigenvalue weighted by Gasteiger charge is 2.29. The standard InChI is InChI=1S/C7H13NO/c1-2-6-7(3-1)9-5-4-8-6/h6-8H,1-5H2/t6-,7+/m1/s1. The number of fused-ring (bicyclic) bond motifs is 1. The van der Waals surface area contributed by atoms with Gasteiger partial charge in [0.1, 0.15) is 0 Å². The average Bonchev–Trinajstić information content (AvgIpc) is 2.33. The lowest BCUT2D eigenvalue weighted by molar-refractivity contribution is 0.0113. The summed E-state index contributed by atoms with van der Waals surface area (Å²) in [7, 11) is 0. The summed E-state index contributed by atoms with van der Waals surface area (Å²) in [5, 5.41) is 3.46. The third kappa shape index (κ3) is 0.970. The van der Waals surface area contributed by atoms with Crippen molar-refractivity contribution in [1.29, 1.82) is 0 Å². The second-order valence-corrected chi connectivity index (χ2v) is 2.90. The number of ether oxygens (including phenoxy) is 1. The van der Waals surface area contributed by atoms with Crippen molar-refractivity contribution in [2.45, 2.75) is 31.4 Å². The van der Waals surface area contributed by atoms with Gasteiger partial charge in [-0.25, -0.2) is 0 Å². The van der Waals surface area contributed by atoms with Gasteiger partial charge in [0.25, 0.3) is 0 Å². The van der Waals surface area contributed by atoms with Crippen LogP contribution in [0.25, 0.3) is 0 Å². The van der Waals surface area contributed by atoms with E-state index in [1.807, 2.05) is 0 Å². The van der Waals surface area contributed by atoms with Gasteiger partial charge in [-0.3, -0.25) is 0 Å². The van der Waals surface area contributed by atoms with E-state index in [2.05, 4.69) is 5.32 Å². The summed E-state index contributed by atoms with van der Waals surface area (Å²) in [5.74, 6) is 0. The second-order valence-electron chi connectivity index (χ2n) is 2.90. The van der Waals surface area contributed by atoms with Crippen LogP contribution in [0.4, 0.5) is 0 Å². The maximum absolute atomic E-state index is 5.54. The predicted molar refractivity (Wildman–Crippen MR) is 35.4 cm³/mol. The van der Waals surface area contributed by atoms with Crippen LogP contribution in [0.3, 0.4) is 0 Å². The van der Waals surface area contributed by atoms with Gasteiger partial charge in [0.2, 0.25) is 0 Å². The molecule has 2 rings (SSSR count). The number of rotatable bonds is 0. The van der Waals surface area contributed by atoms with Gasteiger partial charge in [-0.05, 0) is 19.3 Å². The van der Waals surface area contributed by atoms with Crippen molar-refractivity contribution in [3.8, 4) is 0 Å². The molecule has 1 saturated carbocycles. The molecule has 0 spiro atoms. The van der Waals surface area contributed by atoms with Crippen molar-refractivity contribution >= 4 is 0 Å². The SMILES string of the molecule is C1C[C@@H]2OCCN[C@@H]2C1. The lowest BCUT2D eigenvalue weighted by atomic mass is 10.2. The van der Waals surface area contributed by atoms with E-state index in [9.17, 15) is 0 Å². The van der Waals surface area contributed by atoms with Gasteiger partial charge in [-0.1, -0.05) is 0 Å². The van der Waals surface area contributed by atoms with Crippen LogP contribution in [0.15, 0.2) is 0 Å².